The molecule has 0 radical (unpaired) electrons. The van der Waals surface area contributed by atoms with Crippen LogP contribution in [0.2, 0.25) is 0 Å². The highest BCUT2D eigenvalue weighted by atomic mass is 16.5. The lowest BCUT2D eigenvalue weighted by Gasteiger charge is -2.32. The third kappa shape index (κ3) is 4.62. The van der Waals surface area contributed by atoms with Crippen molar-refractivity contribution in [3.8, 4) is 5.75 Å². The maximum Gasteiger partial charge on any atom is 0.253 e. The van der Waals surface area contributed by atoms with Crippen LogP contribution in [0.5, 0.6) is 5.75 Å². The van der Waals surface area contributed by atoms with Crippen molar-refractivity contribution in [3.05, 3.63) is 41.5 Å². The van der Waals surface area contributed by atoms with E-state index in [1.165, 1.54) is 19.3 Å². The summed E-state index contributed by atoms with van der Waals surface area (Å²) in [6.45, 7) is 5.42. The van der Waals surface area contributed by atoms with Gasteiger partial charge in [0.2, 0.25) is 0 Å². The number of aryl methyl sites for hydroxylation is 1. The molecule has 3 heterocycles. The molecule has 2 aromatic rings. The lowest BCUT2D eigenvalue weighted by molar-refractivity contribution is 0.0703. The predicted octanol–water partition coefficient (Wildman–Crippen LogP) is 4.20. The average molecular weight is 397 g/mol. The van der Waals surface area contributed by atoms with E-state index in [-0.39, 0.29) is 11.8 Å². The van der Waals surface area contributed by atoms with Crippen LogP contribution in [0.3, 0.4) is 0 Å². The second-order valence-electron chi connectivity index (χ2n) is 8.25. The number of ether oxygens (including phenoxy) is 1. The fourth-order valence-electron chi connectivity index (χ4n) is 4.39. The summed E-state index contributed by atoms with van der Waals surface area (Å²) in [5, 5.41) is 8.99. The molecular weight excluding hydrogens is 364 g/mol. The fraction of sp³-hybridized carbons (Fsp3) is 0.609. The molecule has 2 aliphatic heterocycles. The highest BCUT2D eigenvalue weighted by Gasteiger charge is 2.29. The molecule has 29 heavy (non-hydrogen) atoms. The van der Waals surface area contributed by atoms with Gasteiger partial charge in [0, 0.05) is 37.5 Å². The SMILES string of the molecule is CCCCOc1ccc(C(=O)N2CCCC(c3nnc4n3CCCCC4)C2)cc1. The number of benzene rings is 1. The van der Waals surface area contributed by atoms with Crippen molar-refractivity contribution in [2.45, 2.75) is 70.8 Å². The fourth-order valence-corrected chi connectivity index (χ4v) is 4.39. The Bertz CT molecular complexity index is 815. The molecule has 1 fully saturated rings. The van der Waals surface area contributed by atoms with Crippen molar-refractivity contribution >= 4 is 5.91 Å². The Hall–Kier alpha value is -2.37. The number of nitrogens with zero attached hydrogens (tertiary/aromatic N) is 4. The van der Waals surface area contributed by atoms with E-state index in [1.807, 2.05) is 29.2 Å². The molecule has 156 valence electrons. The molecule has 6 nitrogen and oxygen atoms in total. The zero-order chi connectivity index (χ0) is 20.1. The van der Waals surface area contributed by atoms with Gasteiger partial charge in [0.25, 0.3) is 5.91 Å². The van der Waals surface area contributed by atoms with Crippen LogP contribution in [-0.4, -0.2) is 45.3 Å². The molecule has 1 aromatic carbocycles. The highest BCUT2D eigenvalue weighted by Crippen LogP contribution is 2.29. The van der Waals surface area contributed by atoms with Crippen LogP contribution in [0.1, 0.15) is 79.8 Å². The second-order valence-corrected chi connectivity index (χ2v) is 8.25. The maximum absolute atomic E-state index is 13.1. The Labute approximate surface area is 173 Å². The van der Waals surface area contributed by atoms with Gasteiger partial charge in [0.05, 0.1) is 6.61 Å². The third-order valence-corrected chi connectivity index (χ3v) is 6.08. The largest absolute Gasteiger partial charge is 0.494 e. The summed E-state index contributed by atoms with van der Waals surface area (Å²) >= 11 is 0. The molecule has 0 aliphatic carbocycles. The summed E-state index contributed by atoms with van der Waals surface area (Å²) in [4.78, 5) is 15.1. The van der Waals surface area contributed by atoms with Crippen LogP contribution in [-0.2, 0) is 13.0 Å². The van der Waals surface area contributed by atoms with Crippen molar-refractivity contribution in [1.82, 2.24) is 19.7 Å². The summed E-state index contributed by atoms with van der Waals surface area (Å²) in [7, 11) is 0. The van der Waals surface area contributed by atoms with Gasteiger partial charge in [-0.2, -0.15) is 0 Å². The number of piperidine rings is 1. The molecule has 1 atom stereocenters. The molecule has 1 aromatic heterocycles. The maximum atomic E-state index is 13.1. The highest BCUT2D eigenvalue weighted by molar-refractivity contribution is 5.94. The number of likely N-dealkylation sites (tertiary alicyclic amines) is 1. The Morgan fingerprint density at radius 2 is 1.97 bits per heavy atom. The van der Waals surface area contributed by atoms with Gasteiger partial charge in [-0.1, -0.05) is 19.8 Å². The number of carbonyl (C=O) groups excluding carboxylic acids is 1. The van der Waals surface area contributed by atoms with E-state index < -0.39 is 0 Å². The number of unbranched alkanes of at least 4 members (excludes halogenated alkanes) is 1. The van der Waals surface area contributed by atoms with Crippen molar-refractivity contribution in [2.24, 2.45) is 0 Å². The minimum Gasteiger partial charge on any atom is -0.494 e. The van der Waals surface area contributed by atoms with Gasteiger partial charge in [-0.3, -0.25) is 4.79 Å². The van der Waals surface area contributed by atoms with Gasteiger partial charge < -0.3 is 14.2 Å². The first kappa shape index (κ1) is 19.9. The monoisotopic (exact) mass is 396 g/mol. The molecule has 0 bridgehead atoms. The van der Waals surface area contributed by atoms with Gasteiger partial charge in [-0.25, -0.2) is 0 Å². The second kappa shape index (κ2) is 9.42. The van der Waals surface area contributed by atoms with Crippen LogP contribution in [0.4, 0.5) is 0 Å². The molecular formula is C23H32N4O2. The first-order valence-electron chi connectivity index (χ1n) is 11.2. The Kier molecular flexibility index (Phi) is 6.47. The summed E-state index contributed by atoms with van der Waals surface area (Å²) < 4.78 is 8.04. The number of fused-ring (bicyclic) bond motifs is 1. The first-order valence-corrected chi connectivity index (χ1v) is 11.2. The molecule has 1 amide bonds. The molecule has 6 heteroatoms. The Morgan fingerprint density at radius 1 is 1.10 bits per heavy atom. The Balaban J connectivity index is 1.42. The van der Waals surface area contributed by atoms with Crippen molar-refractivity contribution < 1.29 is 9.53 Å². The van der Waals surface area contributed by atoms with Gasteiger partial charge in [-0.15, -0.1) is 10.2 Å². The van der Waals surface area contributed by atoms with E-state index in [9.17, 15) is 4.79 Å². The van der Waals surface area contributed by atoms with E-state index in [2.05, 4.69) is 21.7 Å². The van der Waals surface area contributed by atoms with Gasteiger partial charge in [0.1, 0.15) is 17.4 Å². The lowest BCUT2D eigenvalue weighted by atomic mass is 9.96. The quantitative estimate of drug-likeness (QED) is 0.687. The lowest BCUT2D eigenvalue weighted by Crippen LogP contribution is -2.39. The van der Waals surface area contributed by atoms with E-state index in [0.717, 1.165) is 81.3 Å². The Morgan fingerprint density at radius 3 is 2.79 bits per heavy atom. The number of aromatic nitrogens is 3. The number of amides is 1. The molecule has 4 rings (SSSR count). The van der Waals surface area contributed by atoms with Gasteiger partial charge in [0.15, 0.2) is 0 Å². The third-order valence-electron chi connectivity index (χ3n) is 6.08. The summed E-state index contributed by atoms with van der Waals surface area (Å²) in [6.07, 6.45) is 8.92. The zero-order valence-electron chi connectivity index (χ0n) is 17.5. The standard InChI is InChI=1S/C23H32N4O2/c1-2-3-16-29-20-12-10-18(11-13-20)23(28)26-14-7-8-19(17-26)22-25-24-21-9-5-4-6-15-27(21)22/h10-13,19H,2-9,14-17H2,1H3. The van der Waals surface area contributed by atoms with Crippen molar-refractivity contribution in [1.29, 1.82) is 0 Å². The molecule has 1 saturated heterocycles. The van der Waals surface area contributed by atoms with Crippen molar-refractivity contribution in [2.75, 3.05) is 19.7 Å². The molecule has 2 aliphatic rings. The normalized spacial score (nSPS) is 19.5. The van der Waals surface area contributed by atoms with Gasteiger partial charge >= 0.3 is 0 Å². The minimum atomic E-state index is 0.102. The van der Waals surface area contributed by atoms with Crippen LogP contribution in [0.25, 0.3) is 0 Å². The van der Waals surface area contributed by atoms with E-state index >= 15 is 0 Å². The predicted molar refractivity (Wildman–Crippen MR) is 112 cm³/mol. The first-order chi connectivity index (χ1) is 14.3. The summed E-state index contributed by atoms with van der Waals surface area (Å²) in [5.41, 5.74) is 0.730. The van der Waals surface area contributed by atoms with Crippen LogP contribution in [0.15, 0.2) is 24.3 Å². The van der Waals surface area contributed by atoms with E-state index in [4.69, 9.17) is 4.74 Å². The smallest absolute Gasteiger partial charge is 0.253 e. The van der Waals surface area contributed by atoms with Crippen molar-refractivity contribution in [3.63, 3.8) is 0 Å². The molecule has 0 spiro atoms. The van der Waals surface area contributed by atoms with Crippen LogP contribution < -0.4 is 4.74 Å². The van der Waals surface area contributed by atoms with E-state index in [0.29, 0.717) is 0 Å². The topological polar surface area (TPSA) is 60.2 Å². The summed E-state index contributed by atoms with van der Waals surface area (Å²) in [6, 6.07) is 7.58. The number of carbonyl (C=O) groups is 1. The zero-order valence-corrected chi connectivity index (χ0v) is 17.5. The molecule has 0 N–H and O–H groups in total. The van der Waals surface area contributed by atoms with Crippen LogP contribution in [0, 0.1) is 0 Å². The van der Waals surface area contributed by atoms with E-state index in [1.54, 1.807) is 0 Å². The number of hydrogen-bond donors (Lipinski definition) is 0. The van der Waals surface area contributed by atoms with Gasteiger partial charge in [-0.05, 0) is 56.4 Å². The number of rotatable bonds is 6. The number of hydrogen-bond acceptors (Lipinski definition) is 4. The van der Waals surface area contributed by atoms with Crippen LogP contribution >= 0.6 is 0 Å². The molecule has 1 unspecified atom stereocenters. The summed E-state index contributed by atoms with van der Waals surface area (Å²) in [5.74, 6) is 3.42. The average Bonchev–Trinajstić information content (AvgIpc) is 3.02. The minimum absolute atomic E-state index is 0.102. The molecule has 0 saturated carbocycles.